The molecule has 0 heterocycles. The molecule has 0 aliphatic rings. The third-order valence-corrected chi connectivity index (χ3v) is 11.6. The summed E-state index contributed by atoms with van der Waals surface area (Å²) in [7, 11) is 7.69. The van der Waals surface area contributed by atoms with Gasteiger partial charge < -0.3 is 38.2 Å². The molecule has 0 spiro atoms. The smallest absolute Gasteiger partial charge is 0.307 e. The highest BCUT2D eigenvalue weighted by Crippen LogP contribution is 2.23. The predicted octanol–water partition coefficient (Wildman–Crippen LogP) is 14.6. The first kappa shape index (κ1) is 63.0. The lowest BCUT2D eigenvalue weighted by Gasteiger charge is -2.35. The van der Waals surface area contributed by atoms with Crippen molar-refractivity contribution in [3.63, 3.8) is 0 Å². The Bertz CT molecular complexity index is 1100. The van der Waals surface area contributed by atoms with E-state index in [2.05, 4.69) is 27.7 Å². The first-order valence-corrected chi connectivity index (χ1v) is 27.0. The molecule has 10 nitrogen and oxygen atoms in total. The fraction of sp³-hybridized carbons (Fsp3) is 0.821. The van der Waals surface area contributed by atoms with Gasteiger partial charge in [-0.1, -0.05) is 156 Å². The minimum absolute atomic E-state index is 0.0609. The van der Waals surface area contributed by atoms with Crippen LogP contribution in [0.25, 0.3) is 0 Å². The number of carbonyl (C=O) groups is 2. The fourth-order valence-electron chi connectivity index (χ4n) is 7.38. The molecule has 0 saturated carbocycles. The van der Waals surface area contributed by atoms with E-state index < -0.39 is 36.4 Å². The van der Waals surface area contributed by atoms with Crippen molar-refractivity contribution in [1.82, 2.24) is 9.80 Å². The van der Waals surface area contributed by atoms with E-state index in [0.29, 0.717) is 13.1 Å². The molecule has 0 amide bonds. The Balaban J connectivity index is 6.87. The SMILES string of the molecule is CCCCCCCC/C=C/OC[C@@H](O/C=C/CCCCCCCC)[C@@H](OC(=O)CCN(C)C)[C@H](OC(=O)CCN(C)C)[C@@H](CO/C=C/CCCCCCCC)O/C=C/CCCCCCCC. The van der Waals surface area contributed by atoms with Gasteiger partial charge in [0.15, 0.2) is 24.4 Å². The van der Waals surface area contributed by atoms with Crippen LogP contribution >= 0.6 is 0 Å². The Morgan fingerprint density at radius 3 is 0.955 bits per heavy atom. The number of hydrogen-bond donors (Lipinski definition) is 0. The normalized spacial score (nSPS) is 13.9. The quantitative estimate of drug-likeness (QED) is 0.0333. The number of unbranched alkanes of at least 4 members (excludes halogenated alkanes) is 24. The van der Waals surface area contributed by atoms with Crippen LogP contribution in [0.2, 0.25) is 0 Å². The first-order valence-electron chi connectivity index (χ1n) is 27.0. The molecule has 0 rings (SSSR count). The number of ether oxygens (including phenoxy) is 6. The Kier molecular flexibility index (Phi) is 46.3. The van der Waals surface area contributed by atoms with Gasteiger partial charge in [0, 0.05) is 13.1 Å². The van der Waals surface area contributed by atoms with Crippen molar-refractivity contribution in [2.45, 2.75) is 245 Å². The Morgan fingerprint density at radius 2 is 0.667 bits per heavy atom. The summed E-state index contributed by atoms with van der Waals surface area (Å²) in [6.07, 6.45) is 44.1. The maximum atomic E-state index is 13.8. The minimum atomic E-state index is -1.08. The fourth-order valence-corrected chi connectivity index (χ4v) is 7.38. The summed E-state index contributed by atoms with van der Waals surface area (Å²) >= 11 is 0. The number of nitrogens with zero attached hydrogens (tertiary/aromatic N) is 2. The molecular weight excluding hydrogens is 829 g/mol. The molecule has 0 aromatic rings. The Labute approximate surface area is 407 Å². The van der Waals surface area contributed by atoms with Crippen molar-refractivity contribution in [3.05, 3.63) is 49.4 Å². The van der Waals surface area contributed by atoms with Crippen molar-refractivity contribution in [2.24, 2.45) is 0 Å². The maximum absolute atomic E-state index is 13.8. The van der Waals surface area contributed by atoms with E-state index in [1.807, 2.05) is 62.3 Å². The zero-order valence-corrected chi connectivity index (χ0v) is 44.1. The predicted molar refractivity (Wildman–Crippen MR) is 276 cm³/mol. The second-order valence-electron chi connectivity index (χ2n) is 18.7. The zero-order chi connectivity index (χ0) is 48.6. The summed E-state index contributed by atoms with van der Waals surface area (Å²) in [5, 5.41) is 0. The third kappa shape index (κ3) is 41.2. The summed E-state index contributed by atoms with van der Waals surface area (Å²) < 4.78 is 38.2. The van der Waals surface area contributed by atoms with Crippen LogP contribution in [0.1, 0.15) is 220 Å². The van der Waals surface area contributed by atoms with Gasteiger partial charge in [-0.2, -0.15) is 0 Å². The molecule has 0 radical (unpaired) electrons. The molecule has 0 saturated heterocycles. The van der Waals surface area contributed by atoms with E-state index in [1.165, 1.54) is 116 Å². The van der Waals surface area contributed by atoms with Crippen LogP contribution in [0, 0.1) is 0 Å². The third-order valence-electron chi connectivity index (χ3n) is 11.6. The molecule has 66 heavy (non-hydrogen) atoms. The van der Waals surface area contributed by atoms with Crippen molar-refractivity contribution < 1.29 is 38.0 Å². The van der Waals surface area contributed by atoms with Gasteiger partial charge in [0.2, 0.25) is 0 Å². The van der Waals surface area contributed by atoms with E-state index in [1.54, 1.807) is 25.0 Å². The number of carbonyl (C=O) groups excluding carboxylic acids is 2. The molecule has 0 aromatic heterocycles. The largest absolute Gasteiger partial charge is 0.498 e. The van der Waals surface area contributed by atoms with Gasteiger partial charge in [0.05, 0.1) is 37.9 Å². The van der Waals surface area contributed by atoms with Crippen molar-refractivity contribution >= 4 is 11.9 Å². The molecule has 0 aliphatic carbocycles. The van der Waals surface area contributed by atoms with E-state index in [-0.39, 0.29) is 26.1 Å². The highest BCUT2D eigenvalue weighted by atomic mass is 16.6. The maximum Gasteiger partial charge on any atom is 0.307 e. The molecule has 386 valence electrons. The molecule has 0 aliphatic heterocycles. The van der Waals surface area contributed by atoms with Crippen molar-refractivity contribution in [1.29, 1.82) is 0 Å². The van der Waals surface area contributed by atoms with Crippen molar-refractivity contribution in [3.8, 4) is 0 Å². The van der Waals surface area contributed by atoms with Gasteiger partial charge in [0.25, 0.3) is 0 Å². The van der Waals surface area contributed by atoms with Crippen molar-refractivity contribution in [2.75, 3.05) is 54.5 Å². The Hall–Kier alpha value is -2.98. The monoisotopic (exact) mass is 933 g/mol. The minimum Gasteiger partial charge on any atom is -0.498 e. The average molecular weight is 933 g/mol. The van der Waals surface area contributed by atoms with Crippen LogP contribution in [0.3, 0.4) is 0 Å². The van der Waals surface area contributed by atoms with E-state index in [4.69, 9.17) is 28.4 Å². The number of hydrogen-bond acceptors (Lipinski definition) is 10. The first-order chi connectivity index (χ1) is 32.2. The van der Waals surface area contributed by atoms with Crippen LogP contribution in [-0.4, -0.2) is 101 Å². The second-order valence-corrected chi connectivity index (χ2v) is 18.7. The molecule has 0 unspecified atom stereocenters. The molecule has 0 aromatic carbocycles. The van der Waals surface area contributed by atoms with Crippen LogP contribution in [0.15, 0.2) is 49.4 Å². The summed E-state index contributed by atoms with van der Waals surface area (Å²) in [6, 6.07) is 0. The summed E-state index contributed by atoms with van der Waals surface area (Å²) in [5.74, 6) is -0.855. The molecule has 10 heteroatoms. The lowest BCUT2D eigenvalue weighted by atomic mass is 10.0. The highest BCUT2D eigenvalue weighted by molar-refractivity contribution is 5.71. The van der Waals surface area contributed by atoms with Gasteiger partial charge in [-0.15, -0.1) is 0 Å². The van der Waals surface area contributed by atoms with Crippen LogP contribution in [0.5, 0.6) is 0 Å². The van der Waals surface area contributed by atoms with Gasteiger partial charge in [-0.3, -0.25) is 9.59 Å². The lowest BCUT2D eigenvalue weighted by Crippen LogP contribution is -2.53. The number of rotatable bonds is 49. The molecular formula is C56H104N2O8. The number of allylic oxidation sites excluding steroid dienone is 4. The van der Waals surface area contributed by atoms with Gasteiger partial charge in [-0.05, 0) is 104 Å². The van der Waals surface area contributed by atoms with Gasteiger partial charge in [-0.25, -0.2) is 0 Å². The second kappa shape index (κ2) is 48.5. The molecule has 0 fully saturated rings. The standard InChI is InChI=1S/C56H104N2O8/c1-9-13-17-21-25-29-33-37-45-61-49-51(63-47-39-35-31-27-23-19-15-11-3)55(65-53(59)41-43-57(5)6)56(66-54(60)42-44-58(7)8)52(64-48-40-36-32-28-24-20-16-12-4)50-62-46-38-34-30-26-22-18-14-10-2/h37-40,45-48,51-52,55-56H,9-36,41-44,49-50H2,1-8H3/b45-37+,46-38+,47-39+,48-40+/t51-,52-,55-,56-/m1/s1. The van der Waals surface area contributed by atoms with Gasteiger partial charge >= 0.3 is 11.9 Å². The van der Waals surface area contributed by atoms with Crippen LogP contribution in [-0.2, 0) is 38.0 Å². The summed E-state index contributed by atoms with van der Waals surface area (Å²) in [4.78, 5) is 31.5. The topological polar surface area (TPSA) is 96.0 Å². The summed E-state index contributed by atoms with van der Waals surface area (Å²) in [5.41, 5.74) is 0. The molecule has 4 atom stereocenters. The molecule has 0 bridgehead atoms. The lowest BCUT2D eigenvalue weighted by molar-refractivity contribution is -0.194. The van der Waals surface area contributed by atoms with E-state index in [0.717, 1.165) is 64.2 Å². The number of esters is 2. The average Bonchev–Trinajstić information content (AvgIpc) is 3.30. The van der Waals surface area contributed by atoms with Crippen LogP contribution in [0.4, 0.5) is 0 Å². The Morgan fingerprint density at radius 1 is 0.394 bits per heavy atom. The van der Waals surface area contributed by atoms with E-state index in [9.17, 15) is 9.59 Å². The van der Waals surface area contributed by atoms with Gasteiger partial charge in [0.1, 0.15) is 13.2 Å². The zero-order valence-electron chi connectivity index (χ0n) is 44.1. The highest BCUT2D eigenvalue weighted by Gasteiger charge is 2.43. The van der Waals surface area contributed by atoms with Crippen LogP contribution < -0.4 is 0 Å². The molecule has 0 N–H and O–H groups in total. The van der Waals surface area contributed by atoms with E-state index >= 15 is 0 Å². The summed E-state index contributed by atoms with van der Waals surface area (Å²) in [6.45, 7) is 10.1.